The standard InChI is InChI=1S/C15H17NO2S/c1-11-5-4-6-12(7-11)10-19-13-8-14(17-2)15(18-3)16-9-13/h4-9H,10H2,1-3H3. The lowest BCUT2D eigenvalue weighted by atomic mass is 10.2. The summed E-state index contributed by atoms with van der Waals surface area (Å²) < 4.78 is 10.4. The van der Waals surface area contributed by atoms with Crippen molar-refractivity contribution in [2.45, 2.75) is 17.6 Å². The molecule has 0 aliphatic rings. The highest BCUT2D eigenvalue weighted by Gasteiger charge is 2.06. The number of aryl methyl sites for hydroxylation is 1. The number of rotatable bonds is 5. The third-order valence-corrected chi connectivity index (χ3v) is 3.73. The molecule has 0 aliphatic carbocycles. The molecule has 0 bridgehead atoms. The topological polar surface area (TPSA) is 31.4 Å². The van der Waals surface area contributed by atoms with E-state index in [1.807, 2.05) is 12.3 Å². The van der Waals surface area contributed by atoms with Crippen molar-refractivity contribution >= 4 is 11.8 Å². The van der Waals surface area contributed by atoms with Gasteiger partial charge in [0.2, 0.25) is 0 Å². The minimum absolute atomic E-state index is 0.516. The first-order valence-electron chi connectivity index (χ1n) is 5.99. The maximum absolute atomic E-state index is 5.25. The van der Waals surface area contributed by atoms with Gasteiger partial charge in [-0.2, -0.15) is 0 Å². The number of aromatic nitrogens is 1. The Morgan fingerprint density at radius 1 is 1.16 bits per heavy atom. The van der Waals surface area contributed by atoms with Gasteiger partial charge in [-0.1, -0.05) is 29.8 Å². The molecule has 4 heteroatoms. The van der Waals surface area contributed by atoms with Crippen LogP contribution >= 0.6 is 11.8 Å². The smallest absolute Gasteiger partial charge is 0.256 e. The number of methoxy groups -OCH3 is 2. The Hall–Kier alpha value is -1.68. The fourth-order valence-corrected chi connectivity index (χ4v) is 2.59. The monoisotopic (exact) mass is 275 g/mol. The first-order chi connectivity index (χ1) is 9.22. The zero-order chi connectivity index (χ0) is 13.7. The molecule has 0 atom stereocenters. The van der Waals surface area contributed by atoms with Gasteiger partial charge in [0.25, 0.3) is 5.88 Å². The van der Waals surface area contributed by atoms with Crippen LogP contribution in [0.15, 0.2) is 41.4 Å². The van der Waals surface area contributed by atoms with Crippen LogP contribution in [0.3, 0.4) is 0 Å². The highest BCUT2D eigenvalue weighted by atomic mass is 32.2. The van der Waals surface area contributed by atoms with Crippen LogP contribution in [0.25, 0.3) is 0 Å². The Balaban J connectivity index is 2.07. The van der Waals surface area contributed by atoms with E-state index >= 15 is 0 Å². The van der Waals surface area contributed by atoms with Gasteiger partial charge in [0.1, 0.15) is 0 Å². The minimum Gasteiger partial charge on any atom is -0.491 e. The van der Waals surface area contributed by atoms with E-state index in [1.54, 1.807) is 26.0 Å². The van der Waals surface area contributed by atoms with Crippen LogP contribution in [0.1, 0.15) is 11.1 Å². The van der Waals surface area contributed by atoms with E-state index in [-0.39, 0.29) is 0 Å². The van der Waals surface area contributed by atoms with Crippen LogP contribution in [0.2, 0.25) is 0 Å². The summed E-state index contributed by atoms with van der Waals surface area (Å²) in [7, 11) is 3.21. The van der Waals surface area contributed by atoms with Crippen LogP contribution in [-0.4, -0.2) is 19.2 Å². The van der Waals surface area contributed by atoms with Gasteiger partial charge in [-0.15, -0.1) is 11.8 Å². The SMILES string of the molecule is COc1cc(SCc2cccc(C)c2)cnc1OC. The van der Waals surface area contributed by atoms with Crippen molar-refractivity contribution in [3.8, 4) is 11.6 Å². The number of hydrogen-bond donors (Lipinski definition) is 0. The molecule has 0 saturated heterocycles. The van der Waals surface area contributed by atoms with Gasteiger partial charge in [0, 0.05) is 22.9 Å². The number of thioether (sulfide) groups is 1. The van der Waals surface area contributed by atoms with Gasteiger partial charge in [-0.3, -0.25) is 0 Å². The molecule has 1 aromatic heterocycles. The lowest BCUT2D eigenvalue weighted by Gasteiger charge is -2.08. The van der Waals surface area contributed by atoms with Gasteiger partial charge in [0.05, 0.1) is 14.2 Å². The first-order valence-corrected chi connectivity index (χ1v) is 6.98. The van der Waals surface area contributed by atoms with Gasteiger partial charge in [-0.05, 0) is 12.5 Å². The normalized spacial score (nSPS) is 10.3. The quantitative estimate of drug-likeness (QED) is 0.779. The Bertz CT molecular complexity index is 558. The molecule has 0 aliphatic heterocycles. The summed E-state index contributed by atoms with van der Waals surface area (Å²) in [6, 6.07) is 10.5. The third kappa shape index (κ3) is 3.64. The summed E-state index contributed by atoms with van der Waals surface area (Å²) in [4.78, 5) is 5.30. The zero-order valence-corrected chi connectivity index (χ0v) is 12.2. The maximum atomic E-state index is 5.25. The van der Waals surface area contributed by atoms with Crippen molar-refractivity contribution in [3.05, 3.63) is 47.7 Å². The molecule has 100 valence electrons. The van der Waals surface area contributed by atoms with Gasteiger partial charge in [0.15, 0.2) is 5.75 Å². The summed E-state index contributed by atoms with van der Waals surface area (Å²) in [5.74, 6) is 2.10. The lowest BCUT2D eigenvalue weighted by Crippen LogP contribution is -1.93. The number of hydrogen-bond acceptors (Lipinski definition) is 4. The molecule has 2 aromatic rings. The molecule has 0 saturated carbocycles. The van der Waals surface area contributed by atoms with E-state index < -0.39 is 0 Å². The van der Waals surface area contributed by atoms with Crippen molar-refractivity contribution in [2.24, 2.45) is 0 Å². The number of ether oxygens (including phenoxy) is 2. The van der Waals surface area contributed by atoms with Crippen LogP contribution in [0.4, 0.5) is 0 Å². The van der Waals surface area contributed by atoms with Crippen LogP contribution in [0, 0.1) is 6.92 Å². The number of nitrogens with zero attached hydrogens (tertiary/aromatic N) is 1. The third-order valence-electron chi connectivity index (χ3n) is 2.69. The first kappa shape index (κ1) is 13.7. The number of pyridine rings is 1. The van der Waals surface area contributed by atoms with Crippen molar-refractivity contribution in [1.29, 1.82) is 0 Å². The molecule has 0 N–H and O–H groups in total. The van der Waals surface area contributed by atoms with E-state index in [4.69, 9.17) is 9.47 Å². The van der Waals surface area contributed by atoms with Crippen LogP contribution in [-0.2, 0) is 5.75 Å². The molecule has 1 heterocycles. The Morgan fingerprint density at radius 3 is 2.68 bits per heavy atom. The molecule has 0 amide bonds. The van der Waals surface area contributed by atoms with Crippen molar-refractivity contribution in [2.75, 3.05) is 14.2 Å². The predicted molar refractivity (Wildman–Crippen MR) is 78.1 cm³/mol. The molecular weight excluding hydrogens is 258 g/mol. The largest absolute Gasteiger partial charge is 0.491 e. The van der Waals surface area contributed by atoms with Gasteiger partial charge < -0.3 is 9.47 Å². The van der Waals surface area contributed by atoms with E-state index in [2.05, 4.69) is 36.2 Å². The summed E-state index contributed by atoms with van der Waals surface area (Å²) in [5.41, 5.74) is 2.59. The molecule has 0 radical (unpaired) electrons. The zero-order valence-electron chi connectivity index (χ0n) is 11.3. The van der Waals surface area contributed by atoms with E-state index in [0.29, 0.717) is 11.6 Å². The molecule has 0 spiro atoms. The second kappa shape index (κ2) is 6.48. The molecule has 3 nitrogen and oxygen atoms in total. The number of benzene rings is 1. The predicted octanol–water partition coefficient (Wildman–Crippen LogP) is 3.70. The summed E-state index contributed by atoms with van der Waals surface area (Å²) >= 11 is 1.73. The molecule has 19 heavy (non-hydrogen) atoms. The van der Waals surface area contributed by atoms with Crippen molar-refractivity contribution < 1.29 is 9.47 Å². The van der Waals surface area contributed by atoms with E-state index in [0.717, 1.165) is 10.6 Å². The highest BCUT2D eigenvalue weighted by Crippen LogP contribution is 2.30. The Morgan fingerprint density at radius 2 is 2.00 bits per heavy atom. The molecule has 1 aromatic carbocycles. The van der Waals surface area contributed by atoms with Gasteiger partial charge in [-0.25, -0.2) is 4.98 Å². The Labute approximate surface area is 118 Å². The van der Waals surface area contributed by atoms with E-state index in [1.165, 1.54) is 11.1 Å². The summed E-state index contributed by atoms with van der Waals surface area (Å²) in [6.07, 6.45) is 1.81. The molecule has 0 unspecified atom stereocenters. The van der Waals surface area contributed by atoms with Gasteiger partial charge >= 0.3 is 0 Å². The Kier molecular flexibility index (Phi) is 4.68. The molecule has 0 fully saturated rings. The lowest BCUT2D eigenvalue weighted by molar-refractivity contribution is 0.341. The fourth-order valence-electron chi connectivity index (χ4n) is 1.76. The van der Waals surface area contributed by atoms with Crippen LogP contribution < -0.4 is 9.47 Å². The summed E-state index contributed by atoms with van der Waals surface area (Å²) in [5, 5.41) is 0. The second-order valence-electron chi connectivity index (χ2n) is 4.16. The second-order valence-corrected chi connectivity index (χ2v) is 5.21. The van der Waals surface area contributed by atoms with Crippen molar-refractivity contribution in [1.82, 2.24) is 4.98 Å². The average Bonchev–Trinajstić information content (AvgIpc) is 2.45. The maximum Gasteiger partial charge on any atom is 0.256 e. The fraction of sp³-hybridized carbons (Fsp3) is 0.267. The molecule has 2 rings (SSSR count). The molecular formula is C15H17NO2S. The summed E-state index contributed by atoms with van der Waals surface area (Å²) in [6.45, 7) is 2.10. The van der Waals surface area contributed by atoms with Crippen LogP contribution in [0.5, 0.6) is 11.6 Å². The highest BCUT2D eigenvalue weighted by molar-refractivity contribution is 7.98. The minimum atomic E-state index is 0.516. The van der Waals surface area contributed by atoms with E-state index in [9.17, 15) is 0 Å². The average molecular weight is 275 g/mol. The van der Waals surface area contributed by atoms with Crippen molar-refractivity contribution in [3.63, 3.8) is 0 Å².